The topological polar surface area (TPSA) is 155 Å². The van der Waals surface area contributed by atoms with Gasteiger partial charge in [0, 0.05) is 33.9 Å². The number of methoxy groups -OCH3 is 3. The third kappa shape index (κ3) is 7.78. The molecule has 262 valence electrons. The van der Waals surface area contributed by atoms with Gasteiger partial charge in [0.2, 0.25) is 17.7 Å². The zero-order valence-electron chi connectivity index (χ0n) is 29.1. The number of nitrogens with one attached hydrogen (secondary N) is 1. The second-order valence-corrected chi connectivity index (χ2v) is 13.7. The summed E-state index contributed by atoms with van der Waals surface area (Å²) >= 11 is 0. The molecule has 46 heavy (non-hydrogen) atoms. The predicted octanol–water partition coefficient (Wildman–Crippen LogP) is 2.75. The van der Waals surface area contributed by atoms with Crippen LogP contribution in [-0.2, 0) is 33.4 Å². The van der Waals surface area contributed by atoms with Crippen LogP contribution in [0.25, 0.3) is 0 Å². The van der Waals surface area contributed by atoms with Crippen molar-refractivity contribution in [1.82, 2.24) is 20.0 Å². The van der Waals surface area contributed by atoms with Gasteiger partial charge in [0.25, 0.3) is 0 Å². The molecule has 0 aromatic heterocycles. The third-order valence-electron chi connectivity index (χ3n) is 10.7. The van der Waals surface area contributed by atoms with Crippen LogP contribution < -0.4 is 5.32 Å². The molecule has 0 spiro atoms. The Hall–Kier alpha value is -2.93. The second-order valence-electron chi connectivity index (χ2n) is 13.7. The van der Waals surface area contributed by atoms with Crippen LogP contribution in [0.15, 0.2) is 0 Å². The van der Waals surface area contributed by atoms with Crippen molar-refractivity contribution >= 4 is 29.8 Å². The molecule has 13 nitrogen and oxygen atoms in total. The number of esters is 1. The van der Waals surface area contributed by atoms with Gasteiger partial charge in [0.05, 0.1) is 43.7 Å². The van der Waals surface area contributed by atoms with E-state index in [0.29, 0.717) is 25.8 Å². The highest BCUT2D eigenvalue weighted by Crippen LogP contribution is 2.42. The molecule has 4 amide bonds. The van der Waals surface area contributed by atoms with Gasteiger partial charge >= 0.3 is 12.1 Å². The first-order valence-corrected chi connectivity index (χ1v) is 16.7. The van der Waals surface area contributed by atoms with E-state index in [9.17, 15) is 29.1 Å². The van der Waals surface area contributed by atoms with Crippen LogP contribution in [0.3, 0.4) is 0 Å². The molecular weight excluding hydrogens is 596 g/mol. The number of likely N-dealkylation sites (tertiary alicyclic amines) is 2. The van der Waals surface area contributed by atoms with Gasteiger partial charge in [-0.1, -0.05) is 34.1 Å². The highest BCUT2D eigenvalue weighted by Gasteiger charge is 2.52. The smallest absolute Gasteiger partial charge is 0.408 e. The molecular formula is C33H56N4O9. The Kier molecular flexibility index (Phi) is 13.3. The molecule has 0 radical (unpaired) electrons. The number of piperidine rings is 1. The van der Waals surface area contributed by atoms with Gasteiger partial charge in [-0.15, -0.1) is 0 Å². The number of likely N-dealkylation sites (N-methyl/N-ethyl adjacent to an activating group) is 1. The lowest BCUT2D eigenvalue weighted by molar-refractivity contribution is -0.154. The van der Waals surface area contributed by atoms with Gasteiger partial charge in [-0.2, -0.15) is 0 Å². The first-order valence-electron chi connectivity index (χ1n) is 16.7. The fourth-order valence-electron chi connectivity index (χ4n) is 8.05. The number of carbonyl (C=O) groups excluding carboxylic acids is 4. The average Bonchev–Trinajstić information content (AvgIpc) is 3.79. The van der Waals surface area contributed by atoms with Crippen molar-refractivity contribution in [3.63, 3.8) is 0 Å². The lowest BCUT2D eigenvalue weighted by Gasteiger charge is -2.41. The van der Waals surface area contributed by atoms with E-state index in [2.05, 4.69) is 5.32 Å². The van der Waals surface area contributed by atoms with Crippen LogP contribution in [0.2, 0.25) is 0 Å². The number of nitrogens with zero attached hydrogens (tertiary/aromatic N) is 3. The SMILES string of the molecule is CCC(C)C(C(CC(=O)N1CCC[C@H]1C(OC)C(C)C(=O)OC)OC)N(C)C(=O)C(NC(=O)[C@@H]1[C@H]2CC[C@H](C2)N1C(=O)O)C(C)C. The van der Waals surface area contributed by atoms with Crippen molar-refractivity contribution in [3.8, 4) is 0 Å². The maximum absolute atomic E-state index is 14.2. The van der Waals surface area contributed by atoms with Crippen LogP contribution >= 0.6 is 0 Å². The molecule has 0 aromatic rings. The predicted molar refractivity (Wildman–Crippen MR) is 170 cm³/mol. The third-order valence-corrected chi connectivity index (χ3v) is 10.7. The van der Waals surface area contributed by atoms with Crippen LogP contribution in [-0.4, -0.2) is 127 Å². The summed E-state index contributed by atoms with van der Waals surface area (Å²) in [6, 6.07) is -2.66. The Balaban J connectivity index is 1.79. The van der Waals surface area contributed by atoms with Crippen molar-refractivity contribution in [2.75, 3.05) is 34.9 Å². The van der Waals surface area contributed by atoms with E-state index in [1.165, 1.54) is 26.2 Å². The summed E-state index contributed by atoms with van der Waals surface area (Å²) in [6.07, 6.45) is 2.09. The average molecular weight is 653 g/mol. The molecule has 13 heteroatoms. The van der Waals surface area contributed by atoms with Gasteiger partial charge in [-0.05, 0) is 56.8 Å². The zero-order valence-corrected chi connectivity index (χ0v) is 29.1. The summed E-state index contributed by atoms with van der Waals surface area (Å²) in [5, 5.41) is 12.7. The van der Waals surface area contributed by atoms with Gasteiger partial charge in [-0.25, -0.2) is 4.79 Å². The van der Waals surface area contributed by atoms with E-state index < -0.39 is 54.2 Å². The molecule has 6 unspecified atom stereocenters. The number of carboxylic acid groups (broad SMARTS) is 1. The van der Waals surface area contributed by atoms with E-state index in [0.717, 1.165) is 19.3 Å². The van der Waals surface area contributed by atoms with Gasteiger partial charge in [0.15, 0.2) is 0 Å². The monoisotopic (exact) mass is 652 g/mol. The fourth-order valence-corrected chi connectivity index (χ4v) is 8.05. The summed E-state index contributed by atoms with van der Waals surface area (Å²) in [5.41, 5.74) is 0. The fraction of sp³-hybridized carbons (Fsp3) is 0.848. The van der Waals surface area contributed by atoms with E-state index in [-0.39, 0.29) is 48.1 Å². The molecule has 2 aliphatic heterocycles. The first kappa shape index (κ1) is 37.5. The highest BCUT2D eigenvalue weighted by molar-refractivity contribution is 5.92. The van der Waals surface area contributed by atoms with Crippen LogP contribution in [0.1, 0.15) is 79.6 Å². The first-order chi connectivity index (χ1) is 21.7. The van der Waals surface area contributed by atoms with Gasteiger partial charge in [-0.3, -0.25) is 24.1 Å². The minimum Gasteiger partial charge on any atom is -0.469 e. The van der Waals surface area contributed by atoms with Crippen LogP contribution in [0, 0.1) is 23.7 Å². The molecule has 2 saturated heterocycles. The molecule has 3 rings (SSSR count). The Morgan fingerprint density at radius 3 is 2.22 bits per heavy atom. The van der Waals surface area contributed by atoms with Crippen LogP contribution in [0.5, 0.6) is 0 Å². The number of ether oxygens (including phenoxy) is 3. The lowest BCUT2D eigenvalue weighted by Crippen LogP contribution is -2.60. The second kappa shape index (κ2) is 16.3. The van der Waals surface area contributed by atoms with Crippen molar-refractivity contribution in [2.45, 2.75) is 122 Å². The maximum atomic E-state index is 14.2. The Morgan fingerprint density at radius 1 is 1.00 bits per heavy atom. The Labute approximate surface area is 273 Å². The molecule has 1 saturated carbocycles. The molecule has 3 aliphatic rings. The van der Waals surface area contributed by atoms with E-state index in [4.69, 9.17) is 14.2 Å². The molecule has 1 aliphatic carbocycles. The molecule has 0 aromatic carbocycles. The minimum absolute atomic E-state index is 0.0140. The standard InChI is InChI=1S/C33H56N4O9/c1-10-19(4)27(24(44-7)17-25(38)36-15-11-12-23(36)29(45-8)20(5)32(41)46-9)35(6)31(40)26(18(2)3)34-30(39)28-21-13-14-22(16-21)37(28)33(42)43/h18-24,26-29H,10-17H2,1-9H3,(H,34,39)(H,42,43)/t19?,20?,21-,22+,23-,24?,26?,27?,28-,29?/m0/s1. The summed E-state index contributed by atoms with van der Waals surface area (Å²) in [5.74, 6) is -2.26. The number of carbonyl (C=O) groups is 5. The van der Waals surface area contributed by atoms with Gasteiger partial charge < -0.3 is 34.4 Å². The zero-order chi connectivity index (χ0) is 34.5. The summed E-state index contributed by atoms with van der Waals surface area (Å²) in [7, 11) is 6.07. The molecule has 2 N–H and O–H groups in total. The summed E-state index contributed by atoms with van der Waals surface area (Å²) in [4.78, 5) is 70.5. The molecule has 2 heterocycles. The number of amides is 4. The minimum atomic E-state index is -1.11. The molecule has 10 atom stereocenters. The molecule has 2 bridgehead atoms. The number of rotatable bonds is 15. The van der Waals surface area contributed by atoms with E-state index >= 15 is 0 Å². The van der Waals surface area contributed by atoms with E-state index in [1.807, 2.05) is 27.7 Å². The van der Waals surface area contributed by atoms with Gasteiger partial charge in [0.1, 0.15) is 12.1 Å². The number of hydrogen-bond donors (Lipinski definition) is 2. The highest BCUT2D eigenvalue weighted by atomic mass is 16.5. The summed E-state index contributed by atoms with van der Waals surface area (Å²) in [6.45, 7) is 9.96. The summed E-state index contributed by atoms with van der Waals surface area (Å²) < 4.78 is 16.6. The normalized spacial score (nSPS) is 26.3. The largest absolute Gasteiger partial charge is 0.469 e. The Bertz CT molecular complexity index is 1100. The van der Waals surface area contributed by atoms with Crippen molar-refractivity contribution in [3.05, 3.63) is 0 Å². The lowest BCUT2D eigenvalue weighted by atomic mass is 9.89. The van der Waals surface area contributed by atoms with Crippen molar-refractivity contribution in [2.24, 2.45) is 23.7 Å². The van der Waals surface area contributed by atoms with Crippen molar-refractivity contribution < 1.29 is 43.3 Å². The van der Waals surface area contributed by atoms with Crippen molar-refractivity contribution in [1.29, 1.82) is 0 Å². The number of fused-ring (bicyclic) bond motifs is 2. The number of hydrogen-bond acceptors (Lipinski definition) is 8. The quantitative estimate of drug-likeness (QED) is 0.254. The van der Waals surface area contributed by atoms with Crippen LogP contribution in [0.4, 0.5) is 4.79 Å². The van der Waals surface area contributed by atoms with E-state index in [1.54, 1.807) is 23.8 Å². The Morgan fingerprint density at radius 2 is 1.67 bits per heavy atom. The molecule has 3 fully saturated rings. The maximum Gasteiger partial charge on any atom is 0.408 e.